The van der Waals surface area contributed by atoms with Crippen molar-refractivity contribution in [2.75, 3.05) is 0 Å². The van der Waals surface area contributed by atoms with Gasteiger partial charge in [0.1, 0.15) is 0 Å². The third kappa shape index (κ3) is 2.28. The van der Waals surface area contributed by atoms with Crippen molar-refractivity contribution in [3.05, 3.63) is 29.8 Å². The van der Waals surface area contributed by atoms with Gasteiger partial charge in [-0.1, -0.05) is 18.2 Å². The predicted octanol–water partition coefficient (Wildman–Crippen LogP) is 3.22. The molecule has 0 radical (unpaired) electrons. The molecule has 2 aliphatic rings. The molecule has 2 unspecified atom stereocenters. The summed E-state index contributed by atoms with van der Waals surface area (Å²) in [4.78, 5) is 1.49. The molecule has 1 heterocycles. The zero-order valence-electron chi connectivity index (χ0n) is 9.56. The van der Waals surface area contributed by atoms with E-state index in [0.717, 1.165) is 11.2 Å². The van der Waals surface area contributed by atoms with E-state index in [1.54, 1.807) is 0 Å². The lowest BCUT2D eigenvalue weighted by atomic mass is 10.0. The normalized spacial score (nSPS) is 25.4. The Morgan fingerprint density at radius 2 is 2.12 bits per heavy atom. The highest BCUT2D eigenvalue weighted by atomic mass is 32.2. The van der Waals surface area contributed by atoms with E-state index in [1.165, 1.54) is 42.6 Å². The van der Waals surface area contributed by atoms with Crippen LogP contribution >= 0.6 is 11.8 Å². The highest BCUT2D eigenvalue weighted by Crippen LogP contribution is 2.40. The Labute approximate surface area is 102 Å². The first-order valence-electron chi connectivity index (χ1n) is 6.33. The van der Waals surface area contributed by atoms with E-state index in [2.05, 4.69) is 36.0 Å². The molecule has 16 heavy (non-hydrogen) atoms. The standard InChI is InChI=1S/C14H19NS/c15-13(10-5-6-10)8-7-12-9-11-3-1-2-4-14(11)16-12/h1-4,10,12-13H,5-9,15H2. The number of rotatable bonds is 4. The second kappa shape index (κ2) is 4.42. The Hall–Kier alpha value is -0.470. The monoisotopic (exact) mass is 233 g/mol. The van der Waals surface area contributed by atoms with Crippen molar-refractivity contribution in [3.63, 3.8) is 0 Å². The van der Waals surface area contributed by atoms with Gasteiger partial charge in [0.05, 0.1) is 0 Å². The van der Waals surface area contributed by atoms with Gasteiger partial charge < -0.3 is 5.73 Å². The van der Waals surface area contributed by atoms with Crippen molar-refractivity contribution >= 4 is 11.8 Å². The minimum atomic E-state index is 0.476. The molecule has 1 saturated carbocycles. The fourth-order valence-electron chi connectivity index (χ4n) is 2.55. The summed E-state index contributed by atoms with van der Waals surface area (Å²) in [6.07, 6.45) is 6.50. The first kappa shape index (κ1) is 10.7. The van der Waals surface area contributed by atoms with Crippen molar-refractivity contribution < 1.29 is 0 Å². The minimum Gasteiger partial charge on any atom is -0.327 e. The van der Waals surface area contributed by atoms with Crippen LogP contribution in [-0.4, -0.2) is 11.3 Å². The molecule has 1 aromatic rings. The largest absolute Gasteiger partial charge is 0.327 e. The van der Waals surface area contributed by atoms with Crippen molar-refractivity contribution in [1.82, 2.24) is 0 Å². The zero-order chi connectivity index (χ0) is 11.0. The maximum atomic E-state index is 6.15. The van der Waals surface area contributed by atoms with Crippen LogP contribution in [0.2, 0.25) is 0 Å². The predicted molar refractivity (Wildman–Crippen MR) is 69.7 cm³/mol. The fourth-order valence-corrected chi connectivity index (χ4v) is 3.89. The molecule has 0 bridgehead atoms. The van der Waals surface area contributed by atoms with Crippen LogP contribution in [0.1, 0.15) is 31.2 Å². The van der Waals surface area contributed by atoms with Crippen LogP contribution in [0.4, 0.5) is 0 Å². The molecule has 2 atom stereocenters. The maximum absolute atomic E-state index is 6.15. The Balaban J connectivity index is 1.52. The molecule has 0 spiro atoms. The average Bonchev–Trinajstić information content (AvgIpc) is 3.06. The molecule has 2 heteroatoms. The van der Waals surface area contributed by atoms with Crippen LogP contribution < -0.4 is 5.73 Å². The summed E-state index contributed by atoms with van der Waals surface area (Å²) in [7, 11) is 0. The SMILES string of the molecule is NC(CCC1Cc2ccccc2S1)C1CC1. The second-order valence-corrected chi connectivity index (χ2v) is 6.47. The first-order chi connectivity index (χ1) is 7.83. The average molecular weight is 233 g/mol. The highest BCUT2D eigenvalue weighted by Gasteiger charge is 2.29. The molecule has 1 aromatic carbocycles. The van der Waals surface area contributed by atoms with Crippen molar-refractivity contribution in [2.45, 2.75) is 48.3 Å². The summed E-state index contributed by atoms with van der Waals surface area (Å²) in [5, 5.41) is 0.780. The third-order valence-corrected chi connectivity index (χ3v) is 5.15. The Bertz CT molecular complexity index is 348. The van der Waals surface area contributed by atoms with Crippen LogP contribution in [0.5, 0.6) is 0 Å². The van der Waals surface area contributed by atoms with E-state index in [4.69, 9.17) is 5.73 Å². The summed E-state index contributed by atoms with van der Waals surface area (Å²) in [5.74, 6) is 0.855. The molecular weight excluding hydrogens is 214 g/mol. The van der Waals surface area contributed by atoms with Crippen molar-refractivity contribution in [2.24, 2.45) is 11.7 Å². The number of hydrogen-bond acceptors (Lipinski definition) is 2. The van der Waals surface area contributed by atoms with E-state index in [1.807, 2.05) is 0 Å². The van der Waals surface area contributed by atoms with Gasteiger partial charge in [-0.05, 0) is 49.7 Å². The van der Waals surface area contributed by atoms with Gasteiger partial charge in [-0.3, -0.25) is 0 Å². The molecule has 0 aromatic heterocycles. The van der Waals surface area contributed by atoms with Crippen LogP contribution in [0.3, 0.4) is 0 Å². The molecule has 2 N–H and O–H groups in total. The molecule has 1 aliphatic carbocycles. The van der Waals surface area contributed by atoms with Crippen molar-refractivity contribution in [1.29, 1.82) is 0 Å². The molecule has 0 saturated heterocycles. The number of nitrogens with two attached hydrogens (primary N) is 1. The molecule has 0 amide bonds. The van der Waals surface area contributed by atoms with E-state index in [9.17, 15) is 0 Å². The molecule has 1 fully saturated rings. The summed E-state index contributed by atoms with van der Waals surface area (Å²) in [5.41, 5.74) is 7.69. The minimum absolute atomic E-state index is 0.476. The van der Waals surface area contributed by atoms with Gasteiger partial charge in [0, 0.05) is 16.2 Å². The lowest BCUT2D eigenvalue weighted by Crippen LogP contribution is -2.23. The van der Waals surface area contributed by atoms with Gasteiger partial charge in [0.2, 0.25) is 0 Å². The molecular formula is C14H19NS. The van der Waals surface area contributed by atoms with Crippen molar-refractivity contribution in [3.8, 4) is 0 Å². The first-order valence-corrected chi connectivity index (χ1v) is 7.21. The topological polar surface area (TPSA) is 26.0 Å². The van der Waals surface area contributed by atoms with Gasteiger partial charge in [0.15, 0.2) is 0 Å². The smallest absolute Gasteiger partial charge is 0.0136 e. The molecule has 1 nitrogen and oxygen atoms in total. The highest BCUT2D eigenvalue weighted by molar-refractivity contribution is 8.00. The van der Waals surface area contributed by atoms with Gasteiger partial charge in [-0.2, -0.15) is 0 Å². The van der Waals surface area contributed by atoms with Crippen LogP contribution in [0.15, 0.2) is 29.2 Å². The van der Waals surface area contributed by atoms with Gasteiger partial charge >= 0.3 is 0 Å². The molecule has 1 aliphatic heterocycles. The van der Waals surface area contributed by atoms with Gasteiger partial charge in [-0.25, -0.2) is 0 Å². The lowest BCUT2D eigenvalue weighted by Gasteiger charge is -2.13. The molecule has 3 rings (SSSR count). The summed E-state index contributed by atoms with van der Waals surface area (Å²) in [6.45, 7) is 0. The third-order valence-electron chi connectivity index (χ3n) is 3.76. The summed E-state index contributed by atoms with van der Waals surface area (Å²) >= 11 is 2.05. The summed E-state index contributed by atoms with van der Waals surface area (Å²) in [6, 6.07) is 9.29. The molecule has 86 valence electrons. The van der Waals surface area contributed by atoms with E-state index >= 15 is 0 Å². The van der Waals surface area contributed by atoms with E-state index in [0.29, 0.717) is 6.04 Å². The van der Waals surface area contributed by atoms with E-state index in [-0.39, 0.29) is 0 Å². The number of fused-ring (bicyclic) bond motifs is 1. The second-order valence-electron chi connectivity index (χ2n) is 5.13. The van der Waals surface area contributed by atoms with Gasteiger partial charge in [0.25, 0.3) is 0 Å². The van der Waals surface area contributed by atoms with Crippen LogP contribution in [-0.2, 0) is 6.42 Å². The van der Waals surface area contributed by atoms with Crippen LogP contribution in [0.25, 0.3) is 0 Å². The van der Waals surface area contributed by atoms with E-state index < -0.39 is 0 Å². The fraction of sp³-hybridized carbons (Fsp3) is 0.571. The Morgan fingerprint density at radius 3 is 2.88 bits per heavy atom. The van der Waals surface area contributed by atoms with Crippen LogP contribution in [0, 0.1) is 5.92 Å². The quantitative estimate of drug-likeness (QED) is 0.864. The summed E-state index contributed by atoms with van der Waals surface area (Å²) < 4.78 is 0. The van der Waals surface area contributed by atoms with Gasteiger partial charge in [-0.15, -0.1) is 11.8 Å². The number of hydrogen-bond donors (Lipinski definition) is 1. The zero-order valence-corrected chi connectivity index (χ0v) is 10.4. The maximum Gasteiger partial charge on any atom is 0.0136 e. The number of thioether (sulfide) groups is 1. The Kier molecular flexibility index (Phi) is 2.95. The lowest BCUT2D eigenvalue weighted by molar-refractivity contribution is 0.522. The Morgan fingerprint density at radius 1 is 1.31 bits per heavy atom. The number of benzene rings is 1.